The predicted molar refractivity (Wildman–Crippen MR) is 74.7 cm³/mol. The molecule has 0 saturated heterocycles. The second-order valence-electron chi connectivity index (χ2n) is 5.77. The molecule has 0 unspecified atom stereocenters. The lowest BCUT2D eigenvalue weighted by Gasteiger charge is -2.27. The molecule has 1 heterocycles. The molecule has 1 aromatic carbocycles. The molecule has 1 saturated carbocycles. The summed E-state index contributed by atoms with van der Waals surface area (Å²) < 4.78 is 0. The molecule has 1 fully saturated rings. The van der Waals surface area contributed by atoms with Crippen molar-refractivity contribution >= 4 is 16.9 Å². The molecule has 0 atom stereocenters. The first-order valence-electron chi connectivity index (χ1n) is 6.58. The van der Waals surface area contributed by atoms with Crippen LogP contribution in [-0.2, 0) is 0 Å². The highest BCUT2D eigenvalue weighted by Gasteiger charge is 2.38. The van der Waals surface area contributed by atoms with Gasteiger partial charge in [0.2, 0.25) is 0 Å². The van der Waals surface area contributed by atoms with Crippen LogP contribution >= 0.6 is 0 Å². The number of hydrogen-bond donors (Lipinski definition) is 1. The van der Waals surface area contributed by atoms with Crippen molar-refractivity contribution in [2.45, 2.75) is 39.2 Å². The Hall–Kier alpha value is -1.64. The van der Waals surface area contributed by atoms with Crippen LogP contribution in [0.2, 0.25) is 0 Å². The van der Waals surface area contributed by atoms with Gasteiger partial charge >= 0.3 is 0 Å². The van der Waals surface area contributed by atoms with Crippen molar-refractivity contribution in [1.29, 1.82) is 0 Å². The van der Waals surface area contributed by atoms with Crippen LogP contribution in [-0.4, -0.2) is 15.5 Å². The van der Waals surface area contributed by atoms with E-state index in [1.54, 1.807) is 0 Å². The van der Waals surface area contributed by atoms with Gasteiger partial charge in [-0.2, -0.15) is 0 Å². The fourth-order valence-electron chi connectivity index (χ4n) is 2.42. The number of nitrogens with one attached hydrogen (secondary N) is 1. The van der Waals surface area contributed by atoms with Crippen molar-refractivity contribution in [2.75, 3.05) is 5.32 Å². The first-order chi connectivity index (χ1) is 8.56. The van der Waals surface area contributed by atoms with Gasteiger partial charge in [-0.1, -0.05) is 12.1 Å². The molecule has 0 amide bonds. The Bertz CT molecular complexity index is 585. The van der Waals surface area contributed by atoms with Crippen molar-refractivity contribution in [1.82, 2.24) is 9.97 Å². The zero-order chi connectivity index (χ0) is 12.8. The van der Waals surface area contributed by atoms with Crippen molar-refractivity contribution < 1.29 is 0 Å². The lowest BCUT2D eigenvalue weighted by atomic mass is 9.99. The Morgan fingerprint density at radius 2 is 1.72 bits per heavy atom. The number of para-hydroxylation sites is 2. The van der Waals surface area contributed by atoms with Crippen LogP contribution in [0.3, 0.4) is 0 Å². The average molecular weight is 241 g/mol. The average Bonchev–Trinajstić information content (AvgIpc) is 3.14. The maximum atomic E-state index is 4.70. The SMILES string of the molecule is Cc1nc2ccccc2nc1NC(C)(C)C1CC1. The van der Waals surface area contributed by atoms with Crippen molar-refractivity contribution in [3.05, 3.63) is 30.0 Å². The fraction of sp³-hybridized carbons (Fsp3) is 0.467. The maximum absolute atomic E-state index is 4.70. The van der Waals surface area contributed by atoms with Crippen LogP contribution in [0.15, 0.2) is 24.3 Å². The van der Waals surface area contributed by atoms with Crippen LogP contribution in [0.1, 0.15) is 32.4 Å². The minimum Gasteiger partial charge on any atom is -0.363 e. The molecular weight excluding hydrogens is 222 g/mol. The van der Waals surface area contributed by atoms with E-state index in [1.165, 1.54) is 12.8 Å². The summed E-state index contributed by atoms with van der Waals surface area (Å²) in [6.07, 6.45) is 2.64. The molecule has 0 radical (unpaired) electrons. The number of benzene rings is 1. The Morgan fingerprint density at radius 3 is 2.33 bits per heavy atom. The molecule has 3 nitrogen and oxygen atoms in total. The second kappa shape index (κ2) is 3.94. The highest BCUT2D eigenvalue weighted by atomic mass is 15.1. The third-order valence-electron chi connectivity index (χ3n) is 3.78. The molecule has 0 spiro atoms. The number of fused-ring (bicyclic) bond motifs is 1. The van der Waals surface area contributed by atoms with Gasteiger partial charge in [-0.3, -0.25) is 0 Å². The number of anilines is 1. The molecule has 1 aromatic heterocycles. The zero-order valence-corrected chi connectivity index (χ0v) is 11.2. The van der Waals surface area contributed by atoms with E-state index in [1.807, 2.05) is 31.2 Å². The minimum atomic E-state index is 0.113. The number of nitrogens with zero attached hydrogens (tertiary/aromatic N) is 2. The highest BCUT2D eigenvalue weighted by molar-refractivity contribution is 5.76. The maximum Gasteiger partial charge on any atom is 0.148 e. The monoisotopic (exact) mass is 241 g/mol. The molecule has 0 bridgehead atoms. The van der Waals surface area contributed by atoms with E-state index in [0.717, 1.165) is 28.5 Å². The van der Waals surface area contributed by atoms with Gasteiger partial charge in [0.15, 0.2) is 0 Å². The largest absolute Gasteiger partial charge is 0.363 e. The van der Waals surface area contributed by atoms with Gasteiger partial charge < -0.3 is 5.32 Å². The summed E-state index contributed by atoms with van der Waals surface area (Å²) in [5.41, 5.74) is 3.01. The number of hydrogen-bond acceptors (Lipinski definition) is 3. The molecule has 3 rings (SSSR count). The van der Waals surface area contributed by atoms with E-state index < -0.39 is 0 Å². The first-order valence-corrected chi connectivity index (χ1v) is 6.58. The summed E-state index contributed by atoms with van der Waals surface area (Å²) in [5.74, 6) is 1.69. The van der Waals surface area contributed by atoms with Gasteiger partial charge in [-0.25, -0.2) is 9.97 Å². The number of rotatable bonds is 3. The summed E-state index contributed by atoms with van der Waals surface area (Å²) in [5, 5.41) is 3.57. The number of aryl methyl sites for hydroxylation is 1. The topological polar surface area (TPSA) is 37.8 Å². The van der Waals surface area contributed by atoms with Crippen molar-refractivity contribution in [3.8, 4) is 0 Å². The summed E-state index contributed by atoms with van der Waals surface area (Å²) in [4.78, 5) is 9.31. The molecule has 1 aliphatic rings. The predicted octanol–water partition coefficient (Wildman–Crippen LogP) is 3.54. The minimum absolute atomic E-state index is 0.113. The normalized spacial score (nSPS) is 15.9. The third kappa shape index (κ3) is 2.05. The van der Waals surface area contributed by atoms with E-state index in [9.17, 15) is 0 Å². The molecular formula is C15H19N3. The Balaban J connectivity index is 1.98. The Kier molecular flexibility index (Phi) is 2.51. The molecule has 1 N–H and O–H groups in total. The molecule has 3 heteroatoms. The van der Waals surface area contributed by atoms with Crippen LogP contribution in [0.4, 0.5) is 5.82 Å². The Labute approximate surface area is 108 Å². The zero-order valence-electron chi connectivity index (χ0n) is 11.2. The van der Waals surface area contributed by atoms with Gasteiger partial charge in [-0.05, 0) is 51.7 Å². The van der Waals surface area contributed by atoms with E-state index >= 15 is 0 Å². The van der Waals surface area contributed by atoms with Crippen LogP contribution in [0.5, 0.6) is 0 Å². The lowest BCUT2D eigenvalue weighted by Crippen LogP contribution is -2.34. The molecule has 0 aliphatic heterocycles. The smallest absolute Gasteiger partial charge is 0.148 e. The number of aromatic nitrogens is 2. The van der Waals surface area contributed by atoms with E-state index in [0.29, 0.717) is 0 Å². The second-order valence-corrected chi connectivity index (χ2v) is 5.77. The summed E-state index contributed by atoms with van der Waals surface area (Å²) in [6, 6.07) is 8.02. The van der Waals surface area contributed by atoms with Gasteiger partial charge in [-0.15, -0.1) is 0 Å². The summed E-state index contributed by atoms with van der Waals surface area (Å²) >= 11 is 0. The van der Waals surface area contributed by atoms with Crippen LogP contribution < -0.4 is 5.32 Å². The van der Waals surface area contributed by atoms with Crippen molar-refractivity contribution in [3.63, 3.8) is 0 Å². The molecule has 1 aliphatic carbocycles. The standard InChI is InChI=1S/C15H19N3/c1-10-14(18-15(2,3)11-8-9-11)17-13-7-5-4-6-12(13)16-10/h4-7,11H,8-9H2,1-3H3,(H,17,18). The lowest BCUT2D eigenvalue weighted by molar-refractivity contribution is 0.492. The van der Waals surface area contributed by atoms with Gasteiger partial charge in [0.25, 0.3) is 0 Å². The fourth-order valence-corrected chi connectivity index (χ4v) is 2.42. The molecule has 94 valence electrons. The molecule has 18 heavy (non-hydrogen) atoms. The first kappa shape index (κ1) is 11.5. The van der Waals surface area contributed by atoms with E-state index in [2.05, 4.69) is 24.1 Å². The van der Waals surface area contributed by atoms with Crippen LogP contribution in [0.25, 0.3) is 11.0 Å². The Morgan fingerprint density at radius 1 is 1.11 bits per heavy atom. The highest BCUT2D eigenvalue weighted by Crippen LogP contribution is 2.41. The summed E-state index contributed by atoms with van der Waals surface area (Å²) in [6.45, 7) is 6.52. The van der Waals surface area contributed by atoms with E-state index in [4.69, 9.17) is 4.98 Å². The van der Waals surface area contributed by atoms with E-state index in [-0.39, 0.29) is 5.54 Å². The van der Waals surface area contributed by atoms with Gasteiger partial charge in [0, 0.05) is 5.54 Å². The third-order valence-corrected chi connectivity index (χ3v) is 3.78. The molecule has 2 aromatic rings. The van der Waals surface area contributed by atoms with Crippen molar-refractivity contribution in [2.24, 2.45) is 5.92 Å². The van der Waals surface area contributed by atoms with Gasteiger partial charge in [0.05, 0.1) is 16.7 Å². The van der Waals surface area contributed by atoms with Crippen LogP contribution in [0, 0.1) is 12.8 Å². The summed E-state index contributed by atoms with van der Waals surface area (Å²) in [7, 11) is 0. The van der Waals surface area contributed by atoms with Gasteiger partial charge in [0.1, 0.15) is 5.82 Å². The quantitative estimate of drug-likeness (QED) is 0.893.